The van der Waals surface area contributed by atoms with E-state index in [0.717, 1.165) is 0 Å². The van der Waals surface area contributed by atoms with Crippen LogP contribution in [-0.4, -0.2) is 24.5 Å². The Balaban J connectivity index is 0.000000461. The molecule has 0 saturated carbocycles. The van der Waals surface area contributed by atoms with Crippen LogP contribution in [0.4, 0.5) is 0 Å². The van der Waals surface area contributed by atoms with E-state index in [-0.39, 0.29) is 0 Å². The van der Waals surface area contributed by atoms with Crippen LogP contribution >= 0.6 is 0 Å². The molecule has 0 aromatic heterocycles. The molecule has 0 N–H and O–H groups in total. The summed E-state index contributed by atoms with van der Waals surface area (Å²) in [4.78, 5) is 2.38. The topological polar surface area (TPSA) is 3.24 Å². The maximum Gasteiger partial charge on any atom is 0.0299 e. The van der Waals surface area contributed by atoms with Crippen molar-refractivity contribution in [3.63, 3.8) is 0 Å². The van der Waals surface area contributed by atoms with Crippen molar-refractivity contribution >= 4 is 0 Å². The van der Waals surface area contributed by atoms with Crippen LogP contribution in [0.25, 0.3) is 0 Å². The Hall–Kier alpha value is -0.300. The predicted octanol–water partition coefficient (Wildman–Crippen LogP) is 2.68. The van der Waals surface area contributed by atoms with E-state index in [1.54, 1.807) is 0 Å². The fourth-order valence-electron chi connectivity index (χ4n) is 1.53. The minimum absolute atomic E-state index is 0.671. The van der Waals surface area contributed by atoms with Gasteiger partial charge in [-0.2, -0.15) is 0 Å². The highest BCUT2D eigenvalue weighted by Crippen LogP contribution is 2.19. The first kappa shape index (κ1) is 10.7. The fourth-order valence-corrected chi connectivity index (χ4v) is 1.53. The van der Waals surface area contributed by atoms with Gasteiger partial charge < -0.3 is 0 Å². The van der Waals surface area contributed by atoms with Gasteiger partial charge in [0.15, 0.2) is 0 Å². The van der Waals surface area contributed by atoms with Crippen LogP contribution in [0.3, 0.4) is 0 Å². The zero-order valence-electron chi connectivity index (χ0n) is 8.35. The summed E-state index contributed by atoms with van der Waals surface area (Å²) < 4.78 is 0. The van der Waals surface area contributed by atoms with Crippen LogP contribution in [0.15, 0.2) is 12.2 Å². The highest BCUT2D eigenvalue weighted by Gasteiger charge is 2.20. The molecule has 0 aliphatic carbocycles. The van der Waals surface area contributed by atoms with Crippen molar-refractivity contribution < 1.29 is 0 Å². The molecule has 1 heteroatoms. The van der Waals surface area contributed by atoms with Gasteiger partial charge in [0.05, 0.1) is 0 Å². The van der Waals surface area contributed by atoms with E-state index in [9.17, 15) is 0 Å². The first-order chi connectivity index (χ1) is 5.22. The van der Waals surface area contributed by atoms with E-state index in [2.05, 4.69) is 25.5 Å². The van der Waals surface area contributed by atoms with Crippen LogP contribution in [0.2, 0.25) is 0 Å². The van der Waals surface area contributed by atoms with Crippen LogP contribution in [-0.2, 0) is 0 Å². The highest BCUT2D eigenvalue weighted by molar-refractivity contribution is 5.04. The third-order valence-corrected chi connectivity index (χ3v) is 2.09. The lowest BCUT2D eigenvalue weighted by molar-refractivity contribution is 0.345. The molecule has 1 saturated heterocycles. The van der Waals surface area contributed by atoms with Gasteiger partial charge in [-0.1, -0.05) is 26.0 Å². The SMILES string of the molecule is C=C(C)[C@@H]1CCCN1C.CC. The van der Waals surface area contributed by atoms with E-state index in [1.165, 1.54) is 25.0 Å². The van der Waals surface area contributed by atoms with Crippen LogP contribution in [0.1, 0.15) is 33.6 Å². The summed E-state index contributed by atoms with van der Waals surface area (Å²) >= 11 is 0. The molecule has 1 nitrogen and oxygen atoms in total. The van der Waals surface area contributed by atoms with Crippen molar-refractivity contribution in [2.45, 2.75) is 39.7 Å². The molecule has 66 valence electrons. The lowest BCUT2D eigenvalue weighted by Gasteiger charge is -2.18. The molecule has 0 amide bonds. The molecule has 1 aliphatic rings. The average molecular weight is 155 g/mol. The lowest BCUT2D eigenvalue weighted by atomic mass is 10.1. The summed E-state index contributed by atoms with van der Waals surface area (Å²) in [5.74, 6) is 0. The van der Waals surface area contributed by atoms with Gasteiger partial charge in [0.25, 0.3) is 0 Å². The van der Waals surface area contributed by atoms with Crippen molar-refractivity contribution in [3.05, 3.63) is 12.2 Å². The summed E-state index contributed by atoms with van der Waals surface area (Å²) in [5, 5.41) is 0. The van der Waals surface area contributed by atoms with E-state index in [4.69, 9.17) is 0 Å². The lowest BCUT2D eigenvalue weighted by Crippen LogP contribution is -2.25. The van der Waals surface area contributed by atoms with Gasteiger partial charge in [-0.3, -0.25) is 4.90 Å². The Morgan fingerprint density at radius 3 is 2.18 bits per heavy atom. The zero-order chi connectivity index (χ0) is 8.85. The number of hydrogen-bond donors (Lipinski definition) is 0. The van der Waals surface area contributed by atoms with Gasteiger partial charge in [0, 0.05) is 6.04 Å². The second-order valence-electron chi connectivity index (χ2n) is 2.98. The van der Waals surface area contributed by atoms with Crippen molar-refractivity contribution in [1.29, 1.82) is 0 Å². The molecule has 1 atom stereocenters. The van der Waals surface area contributed by atoms with E-state index in [0.29, 0.717) is 6.04 Å². The Morgan fingerprint density at radius 2 is 2.00 bits per heavy atom. The number of hydrogen-bond acceptors (Lipinski definition) is 1. The van der Waals surface area contributed by atoms with Crippen molar-refractivity contribution in [1.82, 2.24) is 4.90 Å². The fraction of sp³-hybridized carbons (Fsp3) is 0.800. The Labute approximate surface area is 71.1 Å². The molecule has 11 heavy (non-hydrogen) atoms. The summed E-state index contributed by atoms with van der Waals surface area (Å²) in [6.07, 6.45) is 2.65. The molecule has 0 aromatic rings. The molecule has 0 bridgehead atoms. The molecule has 1 rings (SSSR count). The van der Waals surface area contributed by atoms with Gasteiger partial charge in [0.2, 0.25) is 0 Å². The predicted molar refractivity (Wildman–Crippen MR) is 51.8 cm³/mol. The summed E-state index contributed by atoms with van der Waals surface area (Å²) in [5.41, 5.74) is 1.31. The van der Waals surface area contributed by atoms with Crippen LogP contribution < -0.4 is 0 Å². The average Bonchev–Trinajstić information content (AvgIpc) is 2.39. The Kier molecular flexibility index (Phi) is 5.22. The number of likely N-dealkylation sites (N-methyl/N-ethyl adjacent to an activating group) is 1. The summed E-state index contributed by atoms with van der Waals surface area (Å²) in [6.45, 7) is 11.3. The van der Waals surface area contributed by atoms with E-state index < -0.39 is 0 Å². The molecule has 0 spiro atoms. The normalized spacial score (nSPS) is 24.2. The van der Waals surface area contributed by atoms with Gasteiger partial charge in [-0.05, 0) is 33.4 Å². The van der Waals surface area contributed by atoms with Crippen LogP contribution in [0, 0.1) is 0 Å². The largest absolute Gasteiger partial charge is 0.300 e. The second-order valence-corrected chi connectivity index (χ2v) is 2.98. The van der Waals surface area contributed by atoms with Crippen molar-refractivity contribution in [3.8, 4) is 0 Å². The zero-order valence-corrected chi connectivity index (χ0v) is 8.35. The smallest absolute Gasteiger partial charge is 0.0299 e. The van der Waals surface area contributed by atoms with Crippen molar-refractivity contribution in [2.24, 2.45) is 0 Å². The third-order valence-electron chi connectivity index (χ3n) is 2.09. The number of likely N-dealkylation sites (tertiary alicyclic amines) is 1. The molecule has 1 heterocycles. The van der Waals surface area contributed by atoms with Gasteiger partial charge >= 0.3 is 0 Å². The molecule has 1 aliphatic heterocycles. The molecule has 0 aromatic carbocycles. The minimum atomic E-state index is 0.671. The maximum atomic E-state index is 3.95. The van der Waals surface area contributed by atoms with Gasteiger partial charge in [0.1, 0.15) is 0 Å². The minimum Gasteiger partial charge on any atom is -0.300 e. The highest BCUT2D eigenvalue weighted by atomic mass is 15.1. The van der Waals surface area contributed by atoms with Gasteiger partial charge in [-0.25, -0.2) is 0 Å². The third kappa shape index (κ3) is 3.06. The standard InChI is InChI=1S/C8H15N.C2H6/c1-7(2)8-5-4-6-9(8)3;1-2/h8H,1,4-6H2,2-3H3;1-2H3/t8-;/m0./s1. The first-order valence-electron chi connectivity index (χ1n) is 4.57. The summed E-state index contributed by atoms with van der Waals surface area (Å²) in [6, 6.07) is 0.671. The van der Waals surface area contributed by atoms with Crippen LogP contribution in [0.5, 0.6) is 0 Å². The van der Waals surface area contributed by atoms with Gasteiger partial charge in [-0.15, -0.1) is 0 Å². The van der Waals surface area contributed by atoms with E-state index in [1.807, 2.05) is 13.8 Å². The van der Waals surface area contributed by atoms with Crippen molar-refractivity contribution in [2.75, 3.05) is 13.6 Å². The summed E-state index contributed by atoms with van der Waals surface area (Å²) in [7, 11) is 2.17. The maximum absolute atomic E-state index is 3.95. The molecule has 0 radical (unpaired) electrons. The van der Waals surface area contributed by atoms with E-state index >= 15 is 0 Å². The molecule has 0 unspecified atom stereocenters. The molecular weight excluding hydrogens is 134 g/mol. The molecule has 1 fully saturated rings. The quantitative estimate of drug-likeness (QED) is 0.526. The number of rotatable bonds is 1. The first-order valence-corrected chi connectivity index (χ1v) is 4.57. The number of nitrogens with zero attached hydrogens (tertiary/aromatic N) is 1. The Bertz CT molecular complexity index is 118. The molecular formula is C10H21N. The second kappa shape index (κ2) is 5.36. The monoisotopic (exact) mass is 155 g/mol. The Morgan fingerprint density at radius 1 is 1.45 bits per heavy atom.